The summed E-state index contributed by atoms with van der Waals surface area (Å²) in [7, 11) is 0. The van der Waals surface area contributed by atoms with Gasteiger partial charge in [0.25, 0.3) is 0 Å². The van der Waals surface area contributed by atoms with E-state index in [0.717, 1.165) is 12.5 Å². The summed E-state index contributed by atoms with van der Waals surface area (Å²) in [6.07, 6.45) is 8.17. The third-order valence-corrected chi connectivity index (χ3v) is 5.14. The van der Waals surface area contributed by atoms with E-state index in [1.54, 1.807) is 11.3 Å². The van der Waals surface area contributed by atoms with E-state index in [2.05, 4.69) is 22.1 Å². The fourth-order valence-electron chi connectivity index (χ4n) is 3.32. The van der Waals surface area contributed by atoms with Gasteiger partial charge in [0.15, 0.2) is 0 Å². The smallest absolute Gasteiger partial charge is 0.238 e. The fourth-order valence-corrected chi connectivity index (χ4v) is 4.00. The highest BCUT2D eigenvalue weighted by molar-refractivity contribution is 7.07. The maximum Gasteiger partial charge on any atom is 0.238 e. The normalized spacial score (nSPS) is 25.2. The van der Waals surface area contributed by atoms with E-state index in [4.69, 9.17) is 0 Å². The first-order chi connectivity index (χ1) is 9.34. The molecule has 1 saturated carbocycles. The van der Waals surface area contributed by atoms with Gasteiger partial charge in [0.05, 0.1) is 6.54 Å². The lowest BCUT2D eigenvalue weighted by Gasteiger charge is -2.27. The van der Waals surface area contributed by atoms with Crippen LogP contribution in [0.25, 0.3) is 0 Å². The monoisotopic (exact) mass is 278 g/mol. The molecule has 2 heterocycles. The summed E-state index contributed by atoms with van der Waals surface area (Å²) in [4.78, 5) is 14.1. The minimum absolute atomic E-state index is 0.113. The molecule has 0 aromatic carbocycles. The minimum Gasteiger partial charge on any atom is -0.322 e. The van der Waals surface area contributed by atoms with Crippen LogP contribution in [0.15, 0.2) is 16.8 Å². The summed E-state index contributed by atoms with van der Waals surface area (Å²) in [6.45, 7) is 1.40. The second-order valence-electron chi connectivity index (χ2n) is 5.72. The molecule has 0 spiro atoms. The summed E-state index contributed by atoms with van der Waals surface area (Å²) < 4.78 is 0. The Bertz CT molecular complexity index is 412. The number of rotatable bonds is 4. The SMILES string of the molecule is O=C1CNC(c2ccsc2)N1CCC1CCCCC1. The maximum atomic E-state index is 12.0. The van der Waals surface area contributed by atoms with Crippen molar-refractivity contribution in [1.82, 2.24) is 10.2 Å². The Morgan fingerprint density at radius 3 is 2.89 bits per heavy atom. The van der Waals surface area contributed by atoms with Crippen LogP contribution in [0.1, 0.15) is 50.3 Å². The van der Waals surface area contributed by atoms with E-state index in [-0.39, 0.29) is 12.1 Å². The quantitative estimate of drug-likeness (QED) is 0.917. The van der Waals surface area contributed by atoms with E-state index in [1.807, 2.05) is 4.90 Å². The first-order valence-corrected chi connectivity index (χ1v) is 8.34. The molecule has 0 radical (unpaired) electrons. The Balaban J connectivity index is 1.59. The summed E-state index contributed by atoms with van der Waals surface area (Å²) in [6, 6.07) is 2.12. The zero-order valence-electron chi connectivity index (χ0n) is 11.3. The van der Waals surface area contributed by atoms with Crippen molar-refractivity contribution in [3.05, 3.63) is 22.4 Å². The molecule has 1 N–H and O–H groups in total. The van der Waals surface area contributed by atoms with Crippen LogP contribution in [-0.2, 0) is 4.79 Å². The molecule has 1 aliphatic heterocycles. The summed E-state index contributed by atoms with van der Waals surface area (Å²) in [5.74, 6) is 1.09. The third kappa shape index (κ3) is 3.00. The minimum atomic E-state index is 0.113. The second kappa shape index (κ2) is 6.06. The van der Waals surface area contributed by atoms with Crippen molar-refractivity contribution >= 4 is 17.2 Å². The van der Waals surface area contributed by atoms with E-state index in [0.29, 0.717) is 6.54 Å². The Morgan fingerprint density at radius 1 is 1.32 bits per heavy atom. The van der Waals surface area contributed by atoms with Crippen LogP contribution in [0, 0.1) is 5.92 Å². The van der Waals surface area contributed by atoms with Crippen molar-refractivity contribution in [2.24, 2.45) is 5.92 Å². The molecule has 1 saturated heterocycles. The van der Waals surface area contributed by atoms with Crippen molar-refractivity contribution in [3.63, 3.8) is 0 Å². The van der Waals surface area contributed by atoms with Crippen LogP contribution in [0.5, 0.6) is 0 Å². The van der Waals surface area contributed by atoms with Crippen molar-refractivity contribution < 1.29 is 4.79 Å². The molecule has 4 heteroatoms. The predicted molar refractivity (Wildman–Crippen MR) is 78.0 cm³/mol. The van der Waals surface area contributed by atoms with Crippen LogP contribution in [0.3, 0.4) is 0 Å². The zero-order valence-corrected chi connectivity index (χ0v) is 12.1. The first kappa shape index (κ1) is 13.1. The fraction of sp³-hybridized carbons (Fsp3) is 0.667. The van der Waals surface area contributed by atoms with Gasteiger partial charge in [-0.1, -0.05) is 32.1 Å². The Kier molecular flexibility index (Phi) is 4.18. The van der Waals surface area contributed by atoms with E-state index >= 15 is 0 Å². The second-order valence-corrected chi connectivity index (χ2v) is 6.50. The number of amides is 1. The molecule has 1 unspecified atom stereocenters. The van der Waals surface area contributed by atoms with Gasteiger partial charge in [-0.2, -0.15) is 11.3 Å². The van der Waals surface area contributed by atoms with Gasteiger partial charge in [-0.05, 0) is 34.7 Å². The van der Waals surface area contributed by atoms with Gasteiger partial charge in [0.1, 0.15) is 6.17 Å². The number of hydrogen-bond donors (Lipinski definition) is 1. The molecule has 104 valence electrons. The number of nitrogens with one attached hydrogen (secondary N) is 1. The number of nitrogens with zero attached hydrogens (tertiary/aromatic N) is 1. The summed E-state index contributed by atoms with van der Waals surface area (Å²) in [5, 5.41) is 7.55. The van der Waals surface area contributed by atoms with Crippen LogP contribution in [-0.4, -0.2) is 23.9 Å². The van der Waals surface area contributed by atoms with E-state index in [9.17, 15) is 4.79 Å². The Labute approximate surface area is 119 Å². The molecule has 1 amide bonds. The average Bonchev–Trinajstić information content (AvgIpc) is 3.07. The van der Waals surface area contributed by atoms with Gasteiger partial charge in [-0.15, -0.1) is 0 Å². The topological polar surface area (TPSA) is 32.3 Å². The van der Waals surface area contributed by atoms with E-state index in [1.165, 1.54) is 44.1 Å². The molecule has 1 aliphatic carbocycles. The lowest BCUT2D eigenvalue weighted by molar-refractivity contribution is -0.128. The van der Waals surface area contributed by atoms with E-state index < -0.39 is 0 Å². The van der Waals surface area contributed by atoms with Gasteiger partial charge in [-0.25, -0.2) is 0 Å². The van der Waals surface area contributed by atoms with Gasteiger partial charge < -0.3 is 4.90 Å². The first-order valence-electron chi connectivity index (χ1n) is 7.39. The highest BCUT2D eigenvalue weighted by Gasteiger charge is 2.31. The highest BCUT2D eigenvalue weighted by atomic mass is 32.1. The van der Waals surface area contributed by atoms with Crippen molar-refractivity contribution in [2.75, 3.05) is 13.1 Å². The molecular weight excluding hydrogens is 256 g/mol. The molecule has 1 aromatic rings. The number of thiophene rings is 1. The standard InChI is InChI=1S/C15H22N2OS/c18-14-10-16-15(13-7-9-19-11-13)17(14)8-6-12-4-2-1-3-5-12/h7,9,11-12,15-16H,1-6,8,10H2. The third-order valence-electron chi connectivity index (χ3n) is 4.44. The molecule has 1 atom stereocenters. The van der Waals surface area contributed by atoms with Gasteiger partial charge >= 0.3 is 0 Å². The predicted octanol–water partition coefficient (Wildman–Crippen LogP) is 3.15. The molecule has 2 aliphatic rings. The van der Waals surface area contributed by atoms with Crippen LogP contribution in [0.4, 0.5) is 0 Å². The summed E-state index contributed by atoms with van der Waals surface area (Å²) in [5.41, 5.74) is 1.24. The lowest BCUT2D eigenvalue weighted by atomic mass is 9.87. The highest BCUT2D eigenvalue weighted by Crippen LogP contribution is 2.29. The molecule has 0 bridgehead atoms. The van der Waals surface area contributed by atoms with Crippen LogP contribution in [0.2, 0.25) is 0 Å². The van der Waals surface area contributed by atoms with Crippen LogP contribution < -0.4 is 5.32 Å². The molecular formula is C15H22N2OS. The molecule has 1 aromatic heterocycles. The van der Waals surface area contributed by atoms with Crippen molar-refractivity contribution in [3.8, 4) is 0 Å². The molecule has 3 nitrogen and oxygen atoms in total. The summed E-state index contributed by atoms with van der Waals surface area (Å²) >= 11 is 1.70. The lowest BCUT2D eigenvalue weighted by Crippen LogP contribution is -2.32. The van der Waals surface area contributed by atoms with Gasteiger partial charge in [0, 0.05) is 6.54 Å². The number of carbonyl (C=O) groups excluding carboxylic acids is 1. The van der Waals surface area contributed by atoms with Crippen molar-refractivity contribution in [1.29, 1.82) is 0 Å². The zero-order chi connectivity index (χ0) is 13.1. The Morgan fingerprint density at radius 2 is 2.16 bits per heavy atom. The largest absolute Gasteiger partial charge is 0.322 e. The maximum absolute atomic E-state index is 12.0. The van der Waals surface area contributed by atoms with Gasteiger partial charge in [0.2, 0.25) is 5.91 Å². The number of carbonyl (C=O) groups is 1. The molecule has 2 fully saturated rings. The van der Waals surface area contributed by atoms with Crippen LogP contribution >= 0.6 is 11.3 Å². The Hall–Kier alpha value is -0.870. The number of hydrogen-bond acceptors (Lipinski definition) is 3. The average molecular weight is 278 g/mol. The van der Waals surface area contributed by atoms with Gasteiger partial charge in [-0.3, -0.25) is 10.1 Å². The molecule has 19 heavy (non-hydrogen) atoms. The van der Waals surface area contributed by atoms with Crippen molar-refractivity contribution in [2.45, 2.75) is 44.7 Å². The molecule has 3 rings (SSSR count).